The molecule has 0 aliphatic heterocycles. The van der Waals surface area contributed by atoms with E-state index in [-0.39, 0.29) is 38.3 Å². The average Bonchev–Trinajstić information content (AvgIpc) is 3.31. The zero-order valence-corrected chi connectivity index (χ0v) is 38.7. The lowest BCUT2D eigenvalue weighted by Crippen LogP contribution is -2.30. The van der Waals surface area contributed by atoms with Crippen LogP contribution in [0.5, 0.6) is 0 Å². The highest BCUT2D eigenvalue weighted by Crippen LogP contribution is 2.42. The predicted octanol–water partition coefficient (Wildman–Crippen LogP) is 12.4. The lowest BCUT2D eigenvalue weighted by Gasteiger charge is -2.26. The normalized spacial score (nSPS) is 11.5. The highest BCUT2D eigenvalue weighted by atomic mass is 79.9. The first-order valence-corrected chi connectivity index (χ1v) is 22.1. The van der Waals surface area contributed by atoms with Crippen molar-refractivity contribution in [2.75, 3.05) is 27.1 Å². The van der Waals surface area contributed by atoms with Crippen LogP contribution in [0.15, 0.2) is 181 Å². The van der Waals surface area contributed by atoms with E-state index in [4.69, 9.17) is 0 Å². The summed E-state index contributed by atoms with van der Waals surface area (Å²) in [7, 11) is -0.202. The maximum Gasteiger partial charge on any atom is 0.334 e. The van der Waals surface area contributed by atoms with Gasteiger partial charge in [0, 0.05) is 52.7 Å². The standard InChI is InChI=1S/C19H18F4O2.C12H12F2O2.C11H12O4S.C7H5BrF2/c1-25-17(24)14(12-18(20,21)15-8-4-2-5-9-15)13-19(22,23)16-10-6-3-7-11-16;1-9(11(15)16-2)8-12(13,14)10-6-4-3-5-7-10;1-9(11(12)15-2)8-16(13,14)10-6-4-3-5-7-10;8-7(9,10)6-4-2-1-3-5-6/h2-11,14H,12-13H2,1H3;2*3-7H,1,8H2,2H3;1-5H. The number of hydrogen-bond acceptors (Lipinski definition) is 8. The second-order valence-electron chi connectivity index (χ2n) is 14.1. The van der Waals surface area contributed by atoms with Crippen LogP contribution in [0.4, 0.5) is 35.1 Å². The molecule has 360 valence electrons. The third-order valence-corrected chi connectivity index (χ3v) is 11.3. The van der Waals surface area contributed by atoms with E-state index in [9.17, 15) is 57.9 Å². The monoisotopic (exact) mass is 1030 g/mol. The Bertz CT molecular complexity index is 2390. The van der Waals surface area contributed by atoms with Gasteiger partial charge in [-0.15, -0.1) is 0 Å². The molecule has 0 fully saturated rings. The highest BCUT2D eigenvalue weighted by molar-refractivity contribution is 9.09. The molecule has 18 heteroatoms. The molecule has 0 aliphatic carbocycles. The van der Waals surface area contributed by atoms with Crippen LogP contribution in [0.25, 0.3) is 0 Å². The minimum absolute atomic E-state index is 0.0185. The Morgan fingerprint density at radius 1 is 0.507 bits per heavy atom. The molecule has 0 saturated heterocycles. The minimum atomic E-state index is -3.52. The Morgan fingerprint density at radius 2 is 0.821 bits per heavy atom. The number of benzene rings is 5. The number of halogens is 9. The average molecular weight is 1030 g/mol. The molecular formula is C49H47BrF8O8S. The van der Waals surface area contributed by atoms with Gasteiger partial charge >= 0.3 is 22.7 Å². The molecule has 5 rings (SSSR count). The van der Waals surface area contributed by atoms with Gasteiger partial charge in [-0.3, -0.25) is 4.79 Å². The molecule has 0 heterocycles. The molecule has 5 aromatic rings. The molecule has 0 aliphatic rings. The SMILES string of the molecule is C=C(CC(F)(F)c1ccccc1)C(=O)OC.C=C(CS(=O)(=O)c1ccccc1)C(=O)OC.COC(=O)C(CC(F)(F)c1ccccc1)CC(F)(F)c1ccccc1.FC(F)(Br)c1ccccc1. The van der Waals surface area contributed by atoms with Gasteiger partial charge in [-0.2, -0.15) is 8.78 Å². The predicted molar refractivity (Wildman–Crippen MR) is 240 cm³/mol. The van der Waals surface area contributed by atoms with E-state index >= 15 is 0 Å². The first-order valence-electron chi connectivity index (χ1n) is 19.6. The lowest BCUT2D eigenvalue weighted by molar-refractivity contribution is -0.155. The summed E-state index contributed by atoms with van der Waals surface area (Å²) < 4.78 is 146. The van der Waals surface area contributed by atoms with E-state index in [1.165, 1.54) is 104 Å². The van der Waals surface area contributed by atoms with E-state index in [1.807, 2.05) is 0 Å². The Morgan fingerprint density at radius 3 is 1.13 bits per heavy atom. The van der Waals surface area contributed by atoms with Gasteiger partial charge in [0.05, 0.1) is 37.9 Å². The number of methoxy groups -OCH3 is 3. The van der Waals surface area contributed by atoms with Crippen molar-refractivity contribution < 1.29 is 72.1 Å². The van der Waals surface area contributed by atoms with Gasteiger partial charge in [0.1, 0.15) is 0 Å². The molecule has 0 spiro atoms. The first-order chi connectivity index (χ1) is 31.3. The van der Waals surface area contributed by atoms with E-state index in [0.717, 1.165) is 14.2 Å². The number of rotatable bonds is 16. The second-order valence-corrected chi connectivity index (χ2v) is 17.1. The molecule has 0 amide bonds. The van der Waals surface area contributed by atoms with Crippen molar-refractivity contribution >= 4 is 43.7 Å². The first kappa shape index (κ1) is 57.0. The van der Waals surface area contributed by atoms with Crippen molar-refractivity contribution in [3.05, 3.63) is 198 Å². The quantitative estimate of drug-likeness (QED) is 0.0316. The van der Waals surface area contributed by atoms with Crippen LogP contribution in [0, 0.1) is 5.92 Å². The Labute approximate surface area is 392 Å². The van der Waals surface area contributed by atoms with Gasteiger partial charge in [0.2, 0.25) is 0 Å². The summed E-state index contributed by atoms with van der Waals surface area (Å²) in [6, 6.07) is 36.4. The highest BCUT2D eigenvalue weighted by Gasteiger charge is 2.44. The molecule has 0 bridgehead atoms. The summed E-state index contributed by atoms with van der Waals surface area (Å²) in [6.07, 6.45) is -2.83. The number of alkyl halides is 9. The molecule has 0 radical (unpaired) electrons. The molecule has 67 heavy (non-hydrogen) atoms. The molecule has 0 atom stereocenters. The van der Waals surface area contributed by atoms with Gasteiger partial charge in [0.25, 0.3) is 17.8 Å². The van der Waals surface area contributed by atoms with Crippen LogP contribution < -0.4 is 0 Å². The third-order valence-electron chi connectivity index (χ3n) is 9.08. The summed E-state index contributed by atoms with van der Waals surface area (Å²) in [4.78, 5) is 31.1. The summed E-state index contributed by atoms with van der Waals surface area (Å²) in [5.41, 5.74) is -1.13. The zero-order chi connectivity index (χ0) is 50.5. The third kappa shape index (κ3) is 19.3. The molecular weight excluding hydrogens is 980 g/mol. The van der Waals surface area contributed by atoms with Crippen LogP contribution >= 0.6 is 15.9 Å². The number of carbonyl (C=O) groups excluding carboxylic acids is 3. The zero-order valence-electron chi connectivity index (χ0n) is 36.3. The maximum absolute atomic E-state index is 14.4. The largest absolute Gasteiger partial charge is 0.469 e. The topological polar surface area (TPSA) is 113 Å². The van der Waals surface area contributed by atoms with Gasteiger partial charge in [0.15, 0.2) is 9.84 Å². The van der Waals surface area contributed by atoms with Crippen LogP contribution in [0.2, 0.25) is 0 Å². The fourth-order valence-electron chi connectivity index (χ4n) is 5.66. The number of carbonyl (C=O) groups is 3. The van der Waals surface area contributed by atoms with Gasteiger partial charge in [-0.05, 0) is 28.1 Å². The fraction of sp³-hybridized carbons (Fsp3) is 0.245. The Hall–Kier alpha value is -6.14. The Kier molecular flexibility index (Phi) is 22.3. The number of esters is 3. The molecule has 0 unspecified atom stereocenters. The second kappa shape index (κ2) is 26.3. The summed E-state index contributed by atoms with van der Waals surface area (Å²) >= 11 is 2.25. The van der Waals surface area contributed by atoms with Gasteiger partial charge in [-0.25, -0.2) is 44.3 Å². The number of ether oxygens (including phenoxy) is 3. The van der Waals surface area contributed by atoms with Crippen molar-refractivity contribution in [3.63, 3.8) is 0 Å². The molecule has 5 aromatic carbocycles. The van der Waals surface area contributed by atoms with Crippen LogP contribution in [0.3, 0.4) is 0 Å². The van der Waals surface area contributed by atoms with Crippen molar-refractivity contribution in [3.8, 4) is 0 Å². The van der Waals surface area contributed by atoms with Gasteiger partial charge in [-0.1, -0.05) is 153 Å². The number of hydrogen-bond donors (Lipinski definition) is 0. The molecule has 0 N–H and O–H groups in total. The summed E-state index contributed by atoms with van der Waals surface area (Å²) in [5, 5.41) is 0. The van der Waals surface area contributed by atoms with Crippen LogP contribution in [-0.2, 0) is 61.0 Å². The maximum atomic E-state index is 14.4. The van der Waals surface area contributed by atoms with Crippen molar-refractivity contribution in [1.82, 2.24) is 0 Å². The molecule has 0 saturated carbocycles. The van der Waals surface area contributed by atoms with Gasteiger partial charge < -0.3 is 14.2 Å². The smallest absolute Gasteiger partial charge is 0.334 e. The number of sulfone groups is 1. The molecule has 0 aromatic heterocycles. The minimum Gasteiger partial charge on any atom is -0.469 e. The lowest BCUT2D eigenvalue weighted by atomic mass is 9.89. The Balaban J connectivity index is 0.000000322. The van der Waals surface area contributed by atoms with Crippen molar-refractivity contribution in [2.45, 2.75) is 46.8 Å². The summed E-state index contributed by atoms with van der Waals surface area (Å²) in [6.45, 7) is 6.66. The van der Waals surface area contributed by atoms with Crippen LogP contribution in [-0.4, -0.2) is 53.4 Å². The molecule has 8 nitrogen and oxygen atoms in total. The van der Waals surface area contributed by atoms with Crippen LogP contribution in [0.1, 0.15) is 41.5 Å². The van der Waals surface area contributed by atoms with E-state index in [2.05, 4.69) is 43.3 Å². The van der Waals surface area contributed by atoms with E-state index < -0.39 is 81.3 Å². The summed E-state index contributed by atoms with van der Waals surface area (Å²) in [5.74, 6) is -14.6. The fourth-order valence-corrected chi connectivity index (χ4v) is 7.24. The van der Waals surface area contributed by atoms with E-state index in [1.54, 1.807) is 54.6 Å². The van der Waals surface area contributed by atoms with Crippen molar-refractivity contribution in [1.29, 1.82) is 0 Å². The van der Waals surface area contributed by atoms with E-state index in [0.29, 0.717) is 0 Å². The van der Waals surface area contributed by atoms with Crippen molar-refractivity contribution in [2.24, 2.45) is 5.92 Å².